The van der Waals surface area contributed by atoms with E-state index in [2.05, 4.69) is 32.6 Å². The fourth-order valence-corrected chi connectivity index (χ4v) is 1.65. The maximum atomic E-state index is 11.1. The predicted octanol–water partition coefficient (Wildman–Crippen LogP) is 2.45. The lowest BCUT2D eigenvalue weighted by atomic mass is 10.2. The molecule has 0 heterocycles. The Bertz CT molecular complexity index is 170. The molecule has 15 heavy (non-hydrogen) atoms. The van der Waals surface area contributed by atoms with Gasteiger partial charge in [-0.3, -0.25) is 9.69 Å². The highest BCUT2D eigenvalue weighted by Crippen LogP contribution is 2.04. The zero-order valence-corrected chi connectivity index (χ0v) is 10.7. The number of nitrogens with zero attached hydrogens (tertiary/aromatic N) is 1. The van der Waals surface area contributed by atoms with Gasteiger partial charge in [-0.1, -0.05) is 6.92 Å². The lowest BCUT2D eigenvalue weighted by Gasteiger charge is -2.30. The predicted molar refractivity (Wildman–Crippen MR) is 62.8 cm³/mol. The fourth-order valence-electron chi connectivity index (χ4n) is 1.65. The smallest absolute Gasteiger partial charge is 0.305 e. The molecule has 0 aromatic heterocycles. The third kappa shape index (κ3) is 6.50. The molecule has 0 amide bonds. The number of carbonyl (C=O) groups excluding carboxylic acids is 1. The SMILES string of the molecule is CCCC(=O)OCCN(C(C)C)C(C)C. The summed E-state index contributed by atoms with van der Waals surface area (Å²) in [4.78, 5) is 13.4. The molecule has 0 rings (SSSR count). The second kappa shape index (κ2) is 7.69. The average molecular weight is 215 g/mol. The van der Waals surface area contributed by atoms with E-state index < -0.39 is 0 Å². The first-order chi connectivity index (χ1) is 6.99. The summed E-state index contributed by atoms with van der Waals surface area (Å²) in [6, 6.07) is 0.991. The number of rotatable bonds is 7. The molecule has 0 aliphatic rings. The van der Waals surface area contributed by atoms with Gasteiger partial charge in [0.25, 0.3) is 0 Å². The van der Waals surface area contributed by atoms with Crippen LogP contribution in [0.25, 0.3) is 0 Å². The molecule has 90 valence electrons. The minimum absolute atomic E-state index is 0.0787. The molecule has 0 spiro atoms. The van der Waals surface area contributed by atoms with E-state index in [0.717, 1.165) is 13.0 Å². The van der Waals surface area contributed by atoms with Crippen LogP contribution in [0.1, 0.15) is 47.5 Å². The Kier molecular flexibility index (Phi) is 7.39. The van der Waals surface area contributed by atoms with Gasteiger partial charge in [0, 0.05) is 25.0 Å². The van der Waals surface area contributed by atoms with E-state index in [1.54, 1.807) is 0 Å². The van der Waals surface area contributed by atoms with Crippen LogP contribution in [0.5, 0.6) is 0 Å². The molecule has 0 atom stereocenters. The molecule has 3 heteroatoms. The van der Waals surface area contributed by atoms with Gasteiger partial charge >= 0.3 is 5.97 Å². The number of hydrogen-bond donors (Lipinski definition) is 0. The van der Waals surface area contributed by atoms with Crippen molar-refractivity contribution in [3.8, 4) is 0 Å². The summed E-state index contributed by atoms with van der Waals surface area (Å²) in [5, 5.41) is 0. The van der Waals surface area contributed by atoms with Crippen molar-refractivity contribution in [1.82, 2.24) is 4.90 Å². The molecule has 0 aliphatic carbocycles. The van der Waals surface area contributed by atoms with Gasteiger partial charge in [0.2, 0.25) is 0 Å². The summed E-state index contributed by atoms with van der Waals surface area (Å²) in [6.07, 6.45) is 1.39. The average Bonchev–Trinajstić information content (AvgIpc) is 2.11. The van der Waals surface area contributed by atoms with Crippen LogP contribution in [-0.2, 0) is 9.53 Å². The van der Waals surface area contributed by atoms with Gasteiger partial charge in [0.15, 0.2) is 0 Å². The maximum Gasteiger partial charge on any atom is 0.305 e. The highest BCUT2D eigenvalue weighted by molar-refractivity contribution is 5.69. The molecule has 0 saturated carbocycles. The van der Waals surface area contributed by atoms with E-state index >= 15 is 0 Å². The zero-order valence-electron chi connectivity index (χ0n) is 10.7. The molecule has 3 nitrogen and oxygen atoms in total. The molecule has 0 radical (unpaired) electrons. The first-order valence-corrected chi connectivity index (χ1v) is 5.90. The number of ether oxygens (including phenoxy) is 1. The van der Waals surface area contributed by atoms with Crippen LogP contribution in [0.3, 0.4) is 0 Å². The third-order valence-corrected chi connectivity index (χ3v) is 2.39. The van der Waals surface area contributed by atoms with E-state index in [1.807, 2.05) is 6.92 Å². The van der Waals surface area contributed by atoms with E-state index in [1.165, 1.54) is 0 Å². The van der Waals surface area contributed by atoms with Gasteiger partial charge in [-0.25, -0.2) is 0 Å². The lowest BCUT2D eigenvalue weighted by molar-refractivity contribution is -0.144. The first kappa shape index (κ1) is 14.4. The van der Waals surface area contributed by atoms with Crippen LogP contribution in [0.15, 0.2) is 0 Å². The molecule has 0 saturated heterocycles. The topological polar surface area (TPSA) is 29.5 Å². The summed E-state index contributed by atoms with van der Waals surface area (Å²) >= 11 is 0. The van der Waals surface area contributed by atoms with Crippen molar-refractivity contribution in [2.45, 2.75) is 59.5 Å². The number of carbonyl (C=O) groups is 1. The van der Waals surface area contributed by atoms with Crippen molar-refractivity contribution >= 4 is 5.97 Å². The molecule has 0 aliphatic heterocycles. The first-order valence-electron chi connectivity index (χ1n) is 5.90. The highest BCUT2D eigenvalue weighted by Gasteiger charge is 2.13. The van der Waals surface area contributed by atoms with Gasteiger partial charge < -0.3 is 4.74 Å². The summed E-state index contributed by atoms with van der Waals surface area (Å²) in [7, 11) is 0. The molecule has 0 bridgehead atoms. The van der Waals surface area contributed by atoms with Gasteiger partial charge in [-0.05, 0) is 34.1 Å². The second-order valence-corrected chi connectivity index (χ2v) is 4.40. The van der Waals surface area contributed by atoms with Crippen molar-refractivity contribution in [3.63, 3.8) is 0 Å². The number of esters is 1. The Hall–Kier alpha value is -0.570. The Balaban J connectivity index is 3.76. The van der Waals surface area contributed by atoms with Crippen LogP contribution < -0.4 is 0 Å². The van der Waals surface area contributed by atoms with Crippen LogP contribution in [-0.4, -0.2) is 36.1 Å². The van der Waals surface area contributed by atoms with Crippen molar-refractivity contribution in [2.24, 2.45) is 0 Å². The van der Waals surface area contributed by atoms with Crippen LogP contribution in [0.4, 0.5) is 0 Å². The molecule has 0 aromatic carbocycles. The van der Waals surface area contributed by atoms with Gasteiger partial charge in [0.1, 0.15) is 6.61 Å². The Morgan fingerprint density at radius 1 is 1.20 bits per heavy atom. The van der Waals surface area contributed by atoms with Gasteiger partial charge in [0.05, 0.1) is 0 Å². The molecular formula is C12H25NO2. The summed E-state index contributed by atoms with van der Waals surface area (Å²) < 4.78 is 5.13. The standard InChI is InChI=1S/C12H25NO2/c1-6-7-12(14)15-9-8-13(10(2)3)11(4)5/h10-11H,6-9H2,1-5H3. The van der Waals surface area contributed by atoms with Gasteiger partial charge in [-0.15, -0.1) is 0 Å². The van der Waals surface area contributed by atoms with Crippen molar-refractivity contribution in [3.05, 3.63) is 0 Å². The van der Waals surface area contributed by atoms with Crippen molar-refractivity contribution in [1.29, 1.82) is 0 Å². The van der Waals surface area contributed by atoms with Crippen molar-refractivity contribution < 1.29 is 9.53 Å². The molecule has 0 fully saturated rings. The van der Waals surface area contributed by atoms with Gasteiger partial charge in [-0.2, -0.15) is 0 Å². The van der Waals surface area contributed by atoms with Crippen LogP contribution >= 0.6 is 0 Å². The fraction of sp³-hybridized carbons (Fsp3) is 0.917. The van der Waals surface area contributed by atoms with E-state index in [-0.39, 0.29) is 5.97 Å². The summed E-state index contributed by atoms with van der Waals surface area (Å²) in [5.74, 6) is -0.0787. The van der Waals surface area contributed by atoms with Crippen molar-refractivity contribution in [2.75, 3.05) is 13.2 Å². The largest absolute Gasteiger partial charge is 0.464 e. The Morgan fingerprint density at radius 2 is 1.73 bits per heavy atom. The minimum Gasteiger partial charge on any atom is -0.464 e. The number of hydrogen-bond acceptors (Lipinski definition) is 3. The minimum atomic E-state index is -0.0787. The lowest BCUT2D eigenvalue weighted by Crippen LogP contribution is -2.39. The Morgan fingerprint density at radius 3 is 2.13 bits per heavy atom. The maximum absolute atomic E-state index is 11.1. The molecule has 0 aromatic rings. The van der Waals surface area contributed by atoms with E-state index in [0.29, 0.717) is 25.1 Å². The highest BCUT2D eigenvalue weighted by atomic mass is 16.5. The summed E-state index contributed by atoms with van der Waals surface area (Å²) in [5.41, 5.74) is 0. The molecular weight excluding hydrogens is 190 g/mol. The zero-order chi connectivity index (χ0) is 11.8. The van der Waals surface area contributed by atoms with Crippen LogP contribution in [0, 0.1) is 0 Å². The quantitative estimate of drug-likeness (QED) is 0.611. The monoisotopic (exact) mass is 215 g/mol. The van der Waals surface area contributed by atoms with E-state index in [9.17, 15) is 4.79 Å². The molecule has 0 N–H and O–H groups in total. The van der Waals surface area contributed by atoms with E-state index in [4.69, 9.17) is 4.74 Å². The summed E-state index contributed by atoms with van der Waals surface area (Å²) in [6.45, 7) is 12.0. The third-order valence-electron chi connectivity index (χ3n) is 2.39. The normalized spacial score (nSPS) is 11.5. The Labute approximate surface area is 93.8 Å². The van der Waals surface area contributed by atoms with Crippen LogP contribution in [0.2, 0.25) is 0 Å². The molecule has 0 unspecified atom stereocenters. The second-order valence-electron chi connectivity index (χ2n) is 4.40.